The van der Waals surface area contributed by atoms with E-state index < -0.39 is 11.6 Å². The van der Waals surface area contributed by atoms with Crippen LogP contribution in [0, 0.1) is 27.7 Å². The maximum atomic E-state index is 14.4. The Kier molecular flexibility index (Phi) is 4.35. The molecule has 2 aromatic carbocycles. The van der Waals surface area contributed by atoms with Crippen molar-refractivity contribution in [2.24, 2.45) is 10.7 Å². The van der Waals surface area contributed by atoms with Crippen molar-refractivity contribution in [3.8, 4) is 0 Å². The molecule has 4 nitrogen and oxygen atoms in total. The van der Waals surface area contributed by atoms with Crippen LogP contribution < -0.4 is 16.4 Å². The molecule has 1 atom stereocenters. The maximum absolute atomic E-state index is 14.4. The second kappa shape index (κ2) is 6.33. The highest BCUT2D eigenvalue weighted by Gasteiger charge is 2.32. The van der Waals surface area contributed by atoms with Gasteiger partial charge >= 0.3 is 0 Å². The number of anilines is 1. The van der Waals surface area contributed by atoms with E-state index in [2.05, 4.69) is 15.6 Å². The summed E-state index contributed by atoms with van der Waals surface area (Å²) in [6.07, 6.45) is 1.17. The summed E-state index contributed by atoms with van der Waals surface area (Å²) in [5.74, 6) is -1.48. The van der Waals surface area contributed by atoms with Crippen LogP contribution in [0.15, 0.2) is 53.0 Å². The highest BCUT2D eigenvalue weighted by molar-refractivity contribution is 5.80. The van der Waals surface area contributed by atoms with Crippen LogP contribution in [0.4, 0.5) is 10.1 Å². The molecule has 130 valence electrons. The molecule has 0 bridgehead atoms. The van der Waals surface area contributed by atoms with Gasteiger partial charge in [0.05, 0.1) is 6.21 Å². The minimum atomic E-state index is -1.22. The SMILES string of the molecule is Cc1ccc(C)c(NC2=C(F)C=NC(N)(c3cc(C)ccc3C)N2)c1. The molecule has 0 saturated heterocycles. The van der Waals surface area contributed by atoms with E-state index in [9.17, 15) is 4.39 Å². The molecule has 0 radical (unpaired) electrons. The lowest BCUT2D eigenvalue weighted by molar-refractivity contribution is 0.385. The zero-order valence-electron chi connectivity index (χ0n) is 14.9. The Morgan fingerprint density at radius 3 is 2.36 bits per heavy atom. The third-order valence-corrected chi connectivity index (χ3v) is 4.39. The summed E-state index contributed by atoms with van der Waals surface area (Å²) >= 11 is 0. The summed E-state index contributed by atoms with van der Waals surface area (Å²) in [5, 5.41) is 6.15. The van der Waals surface area contributed by atoms with Crippen molar-refractivity contribution in [1.82, 2.24) is 5.32 Å². The molecular weight excluding hydrogens is 315 g/mol. The van der Waals surface area contributed by atoms with Crippen molar-refractivity contribution >= 4 is 11.9 Å². The molecule has 0 aromatic heterocycles. The zero-order valence-corrected chi connectivity index (χ0v) is 14.9. The summed E-state index contributed by atoms with van der Waals surface area (Å²) in [6, 6.07) is 12.0. The second-order valence-corrected chi connectivity index (χ2v) is 6.63. The van der Waals surface area contributed by atoms with E-state index >= 15 is 0 Å². The molecule has 1 aliphatic heterocycles. The van der Waals surface area contributed by atoms with Crippen molar-refractivity contribution in [3.05, 3.63) is 75.9 Å². The molecule has 3 rings (SSSR count). The number of halogens is 1. The Balaban J connectivity index is 1.95. The Bertz CT molecular complexity index is 885. The standard InChI is InChI=1S/C20H23FN4/c1-12-5-7-14(3)16(9-12)20(22)23-11-17(21)19(25-20)24-18-10-13(2)6-8-15(18)4/h5-11,24-25H,22H2,1-4H3. The van der Waals surface area contributed by atoms with Crippen LogP contribution in [0.5, 0.6) is 0 Å². The number of aliphatic imine (C=N–C) groups is 1. The average molecular weight is 338 g/mol. The molecule has 25 heavy (non-hydrogen) atoms. The minimum absolute atomic E-state index is 0.215. The number of rotatable bonds is 3. The van der Waals surface area contributed by atoms with E-state index in [1.165, 1.54) is 6.21 Å². The van der Waals surface area contributed by atoms with Gasteiger partial charge in [0.15, 0.2) is 5.83 Å². The van der Waals surface area contributed by atoms with Gasteiger partial charge in [0, 0.05) is 11.3 Å². The first-order valence-electron chi connectivity index (χ1n) is 8.22. The predicted molar refractivity (Wildman–Crippen MR) is 101 cm³/mol. The van der Waals surface area contributed by atoms with Gasteiger partial charge < -0.3 is 10.6 Å². The van der Waals surface area contributed by atoms with Crippen LogP contribution in [0.3, 0.4) is 0 Å². The normalized spacial score (nSPS) is 19.8. The largest absolute Gasteiger partial charge is 0.339 e. The molecule has 1 unspecified atom stereocenters. The van der Waals surface area contributed by atoms with Crippen LogP contribution >= 0.6 is 0 Å². The monoisotopic (exact) mass is 338 g/mol. The first-order valence-corrected chi connectivity index (χ1v) is 8.22. The van der Waals surface area contributed by atoms with Crippen molar-refractivity contribution in [2.75, 3.05) is 5.32 Å². The Morgan fingerprint density at radius 1 is 1.00 bits per heavy atom. The molecule has 0 amide bonds. The molecule has 0 spiro atoms. The van der Waals surface area contributed by atoms with Crippen LogP contribution in [-0.4, -0.2) is 6.21 Å². The number of allylic oxidation sites excluding steroid dienone is 1. The van der Waals surface area contributed by atoms with Crippen LogP contribution in [0.2, 0.25) is 0 Å². The molecular formula is C20H23FN4. The summed E-state index contributed by atoms with van der Waals surface area (Å²) in [6.45, 7) is 7.92. The quantitative estimate of drug-likeness (QED) is 0.795. The van der Waals surface area contributed by atoms with Gasteiger partial charge in [-0.05, 0) is 50.5 Å². The van der Waals surface area contributed by atoms with Gasteiger partial charge in [-0.15, -0.1) is 0 Å². The van der Waals surface area contributed by atoms with Crippen molar-refractivity contribution in [3.63, 3.8) is 0 Å². The summed E-state index contributed by atoms with van der Waals surface area (Å²) in [7, 11) is 0. The number of aryl methyl sites for hydroxylation is 4. The summed E-state index contributed by atoms with van der Waals surface area (Å²) in [4.78, 5) is 4.22. The number of nitrogens with zero attached hydrogens (tertiary/aromatic N) is 1. The van der Waals surface area contributed by atoms with Crippen molar-refractivity contribution in [2.45, 2.75) is 33.5 Å². The fourth-order valence-electron chi connectivity index (χ4n) is 2.89. The minimum Gasteiger partial charge on any atom is -0.339 e. The van der Waals surface area contributed by atoms with Crippen molar-refractivity contribution < 1.29 is 4.39 Å². The second-order valence-electron chi connectivity index (χ2n) is 6.63. The predicted octanol–water partition coefficient (Wildman–Crippen LogP) is 3.91. The molecule has 0 saturated carbocycles. The number of hydrogen-bond acceptors (Lipinski definition) is 4. The van der Waals surface area contributed by atoms with Crippen LogP contribution in [-0.2, 0) is 5.79 Å². The van der Waals surface area contributed by atoms with Crippen LogP contribution in [0.25, 0.3) is 0 Å². The summed E-state index contributed by atoms with van der Waals surface area (Å²) < 4.78 is 14.4. The Hall–Kier alpha value is -2.66. The van der Waals surface area contributed by atoms with E-state index in [0.29, 0.717) is 0 Å². The first-order chi connectivity index (χ1) is 11.8. The Labute approximate surface area is 147 Å². The third-order valence-electron chi connectivity index (χ3n) is 4.39. The fraction of sp³-hybridized carbons (Fsp3) is 0.250. The lowest BCUT2D eigenvalue weighted by Gasteiger charge is -2.33. The first kappa shape index (κ1) is 17.2. The van der Waals surface area contributed by atoms with Gasteiger partial charge in [-0.1, -0.05) is 35.9 Å². The lowest BCUT2D eigenvalue weighted by atomic mass is 9.99. The topological polar surface area (TPSA) is 62.4 Å². The summed E-state index contributed by atoms with van der Waals surface area (Å²) in [5.41, 5.74) is 12.3. The highest BCUT2D eigenvalue weighted by Crippen LogP contribution is 2.28. The number of nitrogens with one attached hydrogen (secondary N) is 2. The van der Waals surface area contributed by atoms with Gasteiger partial charge in [0.25, 0.3) is 0 Å². The van der Waals surface area contributed by atoms with E-state index in [0.717, 1.165) is 33.5 Å². The van der Waals surface area contributed by atoms with Gasteiger partial charge in [-0.2, -0.15) is 0 Å². The lowest BCUT2D eigenvalue weighted by Crippen LogP contribution is -2.52. The third kappa shape index (κ3) is 3.42. The number of benzene rings is 2. The van der Waals surface area contributed by atoms with Crippen molar-refractivity contribution in [1.29, 1.82) is 0 Å². The zero-order chi connectivity index (χ0) is 18.2. The molecule has 0 fully saturated rings. The van der Waals surface area contributed by atoms with E-state index in [1.807, 2.05) is 64.1 Å². The highest BCUT2D eigenvalue weighted by atomic mass is 19.1. The molecule has 5 heteroatoms. The molecule has 0 aliphatic carbocycles. The van der Waals surface area contributed by atoms with Gasteiger partial charge in [-0.3, -0.25) is 5.73 Å². The maximum Gasteiger partial charge on any atom is 0.210 e. The Morgan fingerprint density at radius 2 is 1.64 bits per heavy atom. The fourth-order valence-corrected chi connectivity index (χ4v) is 2.89. The number of nitrogens with two attached hydrogens (primary N) is 1. The van der Waals surface area contributed by atoms with E-state index in [-0.39, 0.29) is 5.82 Å². The van der Waals surface area contributed by atoms with Gasteiger partial charge in [-0.25, -0.2) is 9.38 Å². The van der Waals surface area contributed by atoms with E-state index in [1.54, 1.807) is 0 Å². The van der Waals surface area contributed by atoms with Crippen LogP contribution in [0.1, 0.15) is 27.8 Å². The van der Waals surface area contributed by atoms with Gasteiger partial charge in [0.1, 0.15) is 5.82 Å². The molecule has 2 aromatic rings. The molecule has 4 N–H and O–H groups in total. The number of hydrogen-bond donors (Lipinski definition) is 3. The molecule has 1 heterocycles. The molecule has 1 aliphatic rings. The van der Waals surface area contributed by atoms with Gasteiger partial charge in [0.2, 0.25) is 5.79 Å². The average Bonchev–Trinajstić information content (AvgIpc) is 2.57. The van der Waals surface area contributed by atoms with E-state index in [4.69, 9.17) is 5.73 Å². The smallest absolute Gasteiger partial charge is 0.210 e.